The van der Waals surface area contributed by atoms with Crippen LogP contribution in [0.5, 0.6) is 0 Å². The third-order valence-corrected chi connectivity index (χ3v) is 4.90. The van der Waals surface area contributed by atoms with Gasteiger partial charge in [0.15, 0.2) is 6.23 Å². The second-order valence-corrected chi connectivity index (χ2v) is 7.95. The van der Waals surface area contributed by atoms with Gasteiger partial charge < -0.3 is 4.74 Å². The number of sulfonamides is 1. The van der Waals surface area contributed by atoms with E-state index in [1.807, 2.05) is 0 Å². The number of nitrogens with zero attached hydrogens (tertiary/aromatic N) is 1. The zero-order valence-electron chi connectivity index (χ0n) is 9.09. The summed E-state index contributed by atoms with van der Waals surface area (Å²) < 4.78 is 29.2. The molecule has 1 atom stereocenters. The van der Waals surface area contributed by atoms with Crippen molar-refractivity contribution in [1.29, 1.82) is 0 Å². The quantitative estimate of drug-likeness (QED) is 0.782. The molecule has 1 aromatic carbocycles. The van der Waals surface area contributed by atoms with Crippen molar-refractivity contribution in [2.24, 2.45) is 0 Å². The zero-order valence-corrected chi connectivity index (χ0v) is 12.2. The van der Waals surface area contributed by atoms with Crippen LogP contribution in [-0.4, -0.2) is 35.9 Å². The number of alkyl halides is 3. The smallest absolute Gasteiger partial charge is 0.245 e. The van der Waals surface area contributed by atoms with Crippen LogP contribution in [0.15, 0.2) is 35.2 Å². The molecule has 1 aliphatic heterocycles. The summed E-state index contributed by atoms with van der Waals surface area (Å²) >= 11 is 17.2. The van der Waals surface area contributed by atoms with Crippen LogP contribution in [0.2, 0.25) is 0 Å². The van der Waals surface area contributed by atoms with Crippen molar-refractivity contribution in [2.45, 2.75) is 14.9 Å². The molecule has 1 aliphatic rings. The van der Waals surface area contributed by atoms with Gasteiger partial charge in [0.2, 0.25) is 13.8 Å². The molecule has 1 heterocycles. The van der Waals surface area contributed by atoms with Crippen LogP contribution >= 0.6 is 34.8 Å². The van der Waals surface area contributed by atoms with E-state index in [2.05, 4.69) is 0 Å². The maximum Gasteiger partial charge on any atom is 0.245 e. The minimum Gasteiger partial charge on any atom is -0.356 e. The first kappa shape index (κ1) is 14.4. The maximum absolute atomic E-state index is 12.4. The van der Waals surface area contributed by atoms with E-state index < -0.39 is 20.0 Å². The molecule has 0 N–H and O–H groups in total. The van der Waals surface area contributed by atoms with Gasteiger partial charge >= 0.3 is 0 Å². The molecule has 0 aromatic heterocycles. The van der Waals surface area contributed by atoms with Crippen LogP contribution in [-0.2, 0) is 14.8 Å². The Morgan fingerprint density at radius 1 is 1.22 bits per heavy atom. The van der Waals surface area contributed by atoms with Gasteiger partial charge in [0.05, 0.1) is 11.5 Å². The summed E-state index contributed by atoms with van der Waals surface area (Å²) in [6.07, 6.45) is -1.10. The van der Waals surface area contributed by atoms with E-state index in [1.165, 1.54) is 12.1 Å². The molecule has 100 valence electrons. The number of benzene rings is 1. The average Bonchev–Trinajstić information content (AvgIpc) is 2.79. The van der Waals surface area contributed by atoms with Gasteiger partial charge in [0.1, 0.15) is 0 Å². The summed E-state index contributed by atoms with van der Waals surface area (Å²) in [4.78, 5) is 0.148. The van der Waals surface area contributed by atoms with Gasteiger partial charge in [-0.15, -0.1) is 0 Å². The van der Waals surface area contributed by atoms with E-state index in [9.17, 15) is 8.42 Å². The second-order valence-electron chi connectivity index (χ2n) is 3.69. The van der Waals surface area contributed by atoms with Crippen molar-refractivity contribution in [3.63, 3.8) is 0 Å². The fraction of sp³-hybridized carbons (Fsp3) is 0.400. The highest BCUT2D eigenvalue weighted by molar-refractivity contribution is 7.89. The predicted octanol–water partition coefficient (Wildman–Crippen LogP) is 2.40. The van der Waals surface area contributed by atoms with Crippen molar-refractivity contribution in [3.8, 4) is 0 Å². The summed E-state index contributed by atoms with van der Waals surface area (Å²) in [7, 11) is -3.72. The SMILES string of the molecule is O=S(=O)(c1ccccc1)N1CCO[C@H]1C(Cl)(Cl)Cl. The third kappa shape index (κ3) is 2.76. The molecule has 4 nitrogen and oxygen atoms in total. The first-order valence-corrected chi connectivity index (χ1v) is 7.66. The highest BCUT2D eigenvalue weighted by Gasteiger charge is 2.47. The van der Waals surface area contributed by atoms with Crippen LogP contribution in [0.4, 0.5) is 0 Å². The van der Waals surface area contributed by atoms with Gasteiger partial charge in [0, 0.05) is 6.54 Å². The van der Waals surface area contributed by atoms with E-state index >= 15 is 0 Å². The lowest BCUT2D eigenvalue weighted by Crippen LogP contribution is -2.43. The highest BCUT2D eigenvalue weighted by atomic mass is 35.6. The van der Waals surface area contributed by atoms with Crippen molar-refractivity contribution in [1.82, 2.24) is 4.31 Å². The minimum absolute atomic E-state index is 0.148. The van der Waals surface area contributed by atoms with Gasteiger partial charge in [-0.1, -0.05) is 53.0 Å². The Kier molecular flexibility index (Phi) is 4.11. The molecular weight excluding hydrogens is 321 g/mol. The molecule has 0 radical (unpaired) electrons. The number of halogens is 3. The Morgan fingerprint density at radius 2 is 1.83 bits per heavy atom. The van der Waals surface area contributed by atoms with E-state index in [1.54, 1.807) is 18.2 Å². The number of rotatable bonds is 2. The van der Waals surface area contributed by atoms with E-state index in [4.69, 9.17) is 39.5 Å². The average molecular weight is 331 g/mol. The molecule has 0 saturated carbocycles. The summed E-state index contributed by atoms with van der Waals surface area (Å²) in [5, 5.41) is 0. The Morgan fingerprint density at radius 3 is 2.39 bits per heavy atom. The molecule has 0 bridgehead atoms. The molecule has 0 amide bonds. The second kappa shape index (κ2) is 5.15. The molecule has 8 heteroatoms. The fourth-order valence-electron chi connectivity index (χ4n) is 1.69. The minimum atomic E-state index is -3.72. The monoisotopic (exact) mass is 329 g/mol. The van der Waals surface area contributed by atoms with Crippen molar-refractivity contribution >= 4 is 44.8 Å². The van der Waals surface area contributed by atoms with Gasteiger partial charge in [-0.25, -0.2) is 8.42 Å². The van der Waals surface area contributed by atoms with Crippen molar-refractivity contribution < 1.29 is 13.2 Å². The van der Waals surface area contributed by atoms with E-state index in [-0.39, 0.29) is 18.0 Å². The van der Waals surface area contributed by atoms with Crippen LogP contribution in [0.25, 0.3) is 0 Å². The summed E-state index contributed by atoms with van der Waals surface area (Å²) in [6, 6.07) is 7.97. The molecule has 1 aromatic rings. The molecule has 1 saturated heterocycles. The molecule has 0 spiro atoms. The predicted molar refractivity (Wildman–Crippen MR) is 70.4 cm³/mol. The molecule has 2 rings (SSSR count). The molecule has 0 unspecified atom stereocenters. The first-order chi connectivity index (χ1) is 8.33. The zero-order chi connectivity index (χ0) is 13.4. The van der Waals surface area contributed by atoms with Gasteiger partial charge in [-0.3, -0.25) is 0 Å². The van der Waals surface area contributed by atoms with Crippen LogP contribution < -0.4 is 0 Å². The summed E-state index contributed by atoms with van der Waals surface area (Å²) in [6.45, 7) is 0.362. The van der Waals surface area contributed by atoms with Crippen LogP contribution in [0.3, 0.4) is 0 Å². The largest absolute Gasteiger partial charge is 0.356 e. The summed E-state index contributed by atoms with van der Waals surface area (Å²) in [5.41, 5.74) is 0. The lowest BCUT2D eigenvalue weighted by molar-refractivity contribution is 0.0719. The maximum atomic E-state index is 12.4. The lowest BCUT2D eigenvalue weighted by Gasteiger charge is -2.27. The summed E-state index contributed by atoms with van der Waals surface area (Å²) in [5.74, 6) is 0. The van der Waals surface area contributed by atoms with Gasteiger partial charge in [-0.2, -0.15) is 4.31 Å². The number of hydrogen-bond donors (Lipinski definition) is 0. The highest BCUT2D eigenvalue weighted by Crippen LogP contribution is 2.38. The van der Waals surface area contributed by atoms with E-state index in [0.29, 0.717) is 0 Å². The Labute approximate surface area is 120 Å². The number of ether oxygens (including phenoxy) is 1. The van der Waals surface area contributed by atoms with Crippen LogP contribution in [0, 0.1) is 0 Å². The van der Waals surface area contributed by atoms with Crippen LogP contribution in [0.1, 0.15) is 0 Å². The van der Waals surface area contributed by atoms with E-state index in [0.717, 1.165) is 4.31 Å². The van der Waals surface area contributed by atoms with Crippen molar-refractivity contribution in [3.05, 3.63) is 30.3 Å². The first-order valence-electron chi connectivity index (χ1n) is 5.09. The van der Waals surface area contributed by atoms with Gasteiger partial charge in [-0.05, 0) is 12.1 Å². The molecular formula is C10H10Cl3NO3S. The standard InChI is InChI=1S/C10H10Cl3NO3S/c11-10(12,13)9-14(6-7-17-9)18(15,16)8-4-2-1-3-5-8/h1-5,9H,6-7H2/t9-/m0/s1. The molecule has 1 fully saturated rings. The Bertz CT molecular complexity index is 515. The molecule has 18 heavy (non-hydrogen) atoms. The fourth-order valence-corrected chi connectivity index (χ4v) is 3.96. The topological polar surface area (TPSA) is 46.6 Å². The van der Waals surface area contributed by atoms with Gasteiger partial charge in [0.25, 0.3) is 0 Å². The number of hydrogen-bond acceptors (Lipinski definition) is 3. The molecule has 0 aliphatic carbocycles. The Hall–Kier alpha value is -0.0400. The normalized spacial score (nSPS) is 22.3. The van der Waals surface area contributed by atoms with Crippen molar-refractivity contribution in [2.75, 3.05) is 13.2 Å². The lowest BCUT2D eigenvalue weighted by atomic mass is 10.4. The Balaban J connectivity index is 2.37. The third-order valence-electron chi connectivity index (χ3n) is 2.48.